The summed E-state index contributed by atoms with van der Waals surface area (Å²) in [5.74, 6) is -0.357. The van der Waals surface area contributed by atoms with E-state index in [1.807, 2.05) is 39.0 Å². The van der Waals surface area contributed by atoms with Crippen molar-refractivity contribution >= 4 is 38.9 Å². The van der Waals surface area contributed by atoms with Crippen LogP contribution in [-0.4, -0.2) is 21.4 Å². The Kier molecular flexibility index (Phi) is 6.19. The van der Waals surface area contributed by atoms with Gasteiger partial charge in [0.25, 0.3) is 15.9 Å². The number of hydrogen-bond donors (Lipinski definition) is 1. The number of halogens is 1. The van der Waals surface area contributed by atoms with E-state index in [4.69, 9.17) is 11.6 Å². The molecule has 30 heavy (non-hydrogen) atoms. The predicted molar refractivity (Wildman–Crippen MR) is 122 cm³/mol. The van der Waals surface area contributed by atoms with Gasteiger partial charge in [0.15, 0.2) is 0 Å². The van der Waals surface area contributed by atoms with Crippen molar-refractivity contribution in [1.29, 1.82) is 0 Å². The van der Waals surface area contributed by atoms with Crippen LogP contribution in [0.1, 0.15) is 27.0 Å². The Bertz CT molecular complexity index is 1210. The third kappa shape index (κ3) is 4.35. The van der Waals surface area contributed by atoms with Crippen LogP contribution in [0.25, 0.3) is 0 Å². The summed E-state index contributed by atoms with van der Waals surface area (Å²) in [6.45, 7) is 5.79. The number of rotatable bonds is 5. The fourth-order valence-corrected chi connectivity index (χ4v) is 4.42. The van der Waals surface area contributed by atoms with Gasteiger partial charge in [-0.1, -0.05) is 41.4 Å². The number of carbonyl (C=O) groups is 1. The zero-order valence-electron chi connectivity index (χ0n) is 17.2. The molecule has 5 nitrogen and oxygen atoms in total. The molecule has 3 aromatic carbocycles. The molecule has 7 heteroatoms. The number of carbonyl (C=O) groups excluding carboxylic acids is 1. The van der Waals surface area contributed by atoms with Gasteiger partial charge in [0.2, 0.25) is 0 Å². The van der Waals surface area contributed by atoms with Crippen LogP contribution in [0.2, 0.25) is 5.02 Å². The first-order valence-corrected chi connectivity index (χ1v) is 11.2. The second-order valence-corrected chi connectivity index (χ2v) is 9.53. The smallest absolute Gasteiger partial charge is 0.264 e. The average Bonchev–Trinajstić information content (AvgIpc) is 2.71. The molecule has 0 bridgehead atoms. The number of amides is 1. The number of aryl methyl sites for hydroxylation is 2. The first-order valence-electron chi connectivity index (χ1n) is 9.34. The molecule has 0 saturated heterocycles. The zero-order chi connectivity index (χ0) is 22.1. The molecular formula is C23H23ClN2O3S. The second-order valence-electron chi connectivity index (χ2n) is 7.15. The van der Waals surface area contributed by atoms with Gasteiger partial charge in [-0.05, 0) is 68.3 Å². The van der Waals surface area contributed by atoms with Crippen molar-refractivity contribution < 1.29 is 13.2 Å². The maximum atomic E-state index is 12.9. The molecule has 0 spiro atoms. The van der Waals surface area contributed by atoms with E-state index in [9.17, 15) is 13.2 Å². The van der Waals surface area contributed by atoms with Gasteiger partial charge in [0.05, 0.1) is 21.2 Å². The van der Waals surface area contributed by atoms with Gasteiger partial charge in [-0.25, -0.2) is 8.42 Å². The first-order chi connectivity index (χ1) is 14.1. The summed E-state index contributed by atoms with van der Waals surface area (Å²) < 4.78 is 26.9. The fraction of sp³-hybridized carbons (Fsp3) is 0.174. The topological polar surface area (TPSA) is 66.5 Å². The predicted octanol–water partition coefficient (Wildman–Crippen LogP) is 5.34. The van der Waals surface area contributed by atoms with E-state index >= 15 is 0 Å². The van der Waals surface area contributed by atoms with Crippen LogP contribution < -0.4 is 9.62 Å². The number of hydrogen-bond acceptors (Lipinski definition) is 3. The summed E-state index contributed by atoms with van der Waals surface area (Å²) in [7, 11) is -2.29. The normalized spacial score (nSPS) is 11.2. The van der Waals surface area contributed by atoms with E-state index in [0.717, 1.165) is 21.0 Å². The van der Waals surface area contributed by atoms with Crippen molar-refractivity contribution in [2.24, 2.45) is 0 Å². The fourth-order valence-electron chi connectivity index (χ4n) is 2.97. The van der Waals surface area contributed by atoms with E-state index in [-0.39, 0.29) is 21.4 Å². The molecule has 0 unspecified atom stereocenters. The molecule has 0 aromatic heterocycles. The van der Waals surface area contributed by atoms with Crippen molar-refractivity contribution in [2.45, 2.75) is 25.7 Å². The minimum Gasteiger partial charge on any atom is -0.322 e. The molecule has 0 heterocycles. The maximum absolute atomic E-state index is 12.9. The number of sulfonamides is 1. The molecule has 156 valence electrons. The molecule has 0 radical (unpaired) electrons. The number of anilines is 2. The van der Waals surface area contributed by atoms with E-state index in [1.54, 1.807) is 30.3 Å². The van der Waals surface area contributed by atoms with Crippen molar-refractivity contribution in [3.63, 3.8) is 0 Å². The number of nitrogens with zero attached hydrogens (tertiary/aromatic N) is 1. The Morgan fingerprint density at radius 3 is 2.27 bits per heavy atom. The lowest BCUT2D eigenvalue weighted by molar-refractivity contribution is 0.102. The Morgan fingerprint density at radius 1 is 0.967 bits per heavy atom. The van der Waals surface area contributed by atoms with Gasteiger partial charge in [-0.15, -0.1) is 0 Å². The summed E-state index contributed by atoms with van der Waals surface area (Å²) >= 11 is 6.34. The third-order valence-corrected chi connectivity index (χ3v) is 7.21. The lowest BCUT2D eigenvalue weighted by Gasteiger charge is -2.20. The Hall–Kier alpha value is -2.83. The minimum atomic E-state index is -3.74. The van der Waals surface area contributed by atoms with Crippen LogP contribution in [0.5, 0.6) is 0 Å². The molecule has 1 amide bonds. The van der Waals surface area contributed by atoms with E-state index in [2.05, 4.69) is 5.32 Å². The SMILES string of the molecule is Cc1ccc(S(=O)(=O)N(C)c2ccc(C(=O)Nc3cccc(C)c3C)c(Cl)c2)cc1. The molecule has 0 saturated carbocycles. The quantitative estimate of drug-likeness (QED) is 0.579. The van der Waals surface area contributed by atoms with Crippen molar-refractivity contribution in [3.05, 3.63) is 87.9 Å². The summed E-state index contributed by atoms with van der Waals surface area (Å²) in [5.41, 5.74) is 4.35. The van der Waals surface area contributed by atoms with Crippen LogP contribution in [0.3, 0.4) is 0 Å². The summed E-state index contributed by atoms with van der Waals surface area (Å²) in [5, 5.41) is 3.03. The first kappa shape index (κ1) is 21.9. The highest BCUT2D eigenvalue weighted by Crippen LogP contribution is 2.28. The van der Waals surface area contributed by atoms with Crippen LogP contribution in [0, 0.1) is 20.8 Å². The van der Waals surface area contributed by atoms with Crippen molar-refractivity contribution in [1.82, 2.24) is 0 Å². The Balaban J connectivity index is 1.86. The van der Waals surface area contributed by atoms with Crippen LogP contribution >= 0.6 is 11.6 Å². The zero-order valence-corrected chi connectivity index (χ0v) is 18.8. The van der Waals surface area contributed by atoms with Gasteiger partial charge < -0.3 is 5.32 Å². The molecule has 0 aliphatic heterocycles. The average molecular weight is 443 g/mol. The molecule has 0 aliphatic rings. The van der Waals surface area contributed by atoms with E-state index < -0.39 is 10.0 Å². The molecule has 0 aliphatic carbocycles. The van der Waals surface area contributed by atoms with Gasteiger partial charge >= 0.3 is 0 Å². The standard InChI is InChI=1S/C23H23ClN2O3S/c1-15-8-11-19(12-9-15)30(28,29)26(4)18-10-13-20(21(24)14-18)23(27)25-22-7-5-6-16(2)17(22)3/h5-14H,1-4H3,(H,25,27). The Morgan fingerprint density at radius 2 is 1.63 bits per heavy atom. The van der Waals surface area contributed by atoms with Crippen molar-refractivity contribution in [2.75, 3.05) is 16.7 Å². The summed E-state index contributed by atoms with van der Waals surface area (Å²) in [6, 6.07) is 16.8. The molecule has 0 fully saturated rings. The lowest BCUT2D eigenvalue weighted by atomic mass is 10.1. The van der Waals surface area contributed by atoms with Gasteiger partial charge in [0, 0.05) is 12.7 Å². The second kappa shape index (κ2) is 8.50. The molecule has 3 rings (SSSR count). The monoisotopic (exact) mass is 442 g/mol. The molecule has 3 aromatic rings. The number of nitrogens with one attached hydrogen (secondary N) is 1. The Labute approximate surface area is 182 Å². The van der Waals surface area contributed by atoms with Crippen LogP contribution in [0.4, 0.5) is 11.4 Å². The molecule has 0 atom stereocenters. The van der Waals surface area contributed by atoms with Crippen molar-refractivity contribution in [3.8, 4) is 0 Å². The molecular weight excluding hydrogens is 420 g/mol. The highest BCUT2D eigenvalue weighted by Gasteiger charge is 2.22. The van der Waals surface area contributed by atoms with E-state index in [1.165, 1.54) is 19.2 Å². The van der Waals surface area contributed by atoms with Gasteiger partial charge in [-0.2, -0.15) is 0 Å². The third-order valence-electron chi connectivity index (χ3n) is 5.09. The summed E-state index contributed by atoms with van der Waals surface area (Å²) in [6.07, 6.45) is 0. The van der Waals surface area contributed by atoms with E-state index in [0.29, 0.717) is 11.4 Å². The van der Waals surface area contributed by atoms with Crippen LogP contribution in [0.15, 0.2) is 65.6 Å². The highest BCUT2D eigenvalue weighted by atomic mass is 35.5. The lowest BCUT2D eigenvalue weighted by Crippen LogP contribution is -2.26. The summed E-state index contributed by atoms with van der Waals surface area (Å²) in [4.78, 5) is 12.9. The molecule has 1 N–H and O–H groups in total. The minimum absolute atomic E-state index is 0.168. The van der Waals surface area contributed by atoms with Crippen LogP contribution in [-0.2, 0) is 10.0 Å². The van der Waals surface area contributed by atoms with Gasteiger partial charge in [0.1, 0.15) is 0 Å². The maximum Gasteiger partial charge on any atom is 0.264 e. The number of benzene rings is 3. The van der Waals surface area contributed by atoms with Gasteiger partial charge in [-0.3, -0.25) is 9.10 Å². The largest absolute Gasteiger partial charge is 0.322 e. The highest BCUT2D eigenvalue weighted by molar-refractivity contribution is 7.92.